The molecule has 110 valence electrons. The van der Waals surface area contributed by atoms with Gasteiger partial charge in [0.2, 0.25) is 0 Å². The van der Waals surface area contributed by atoms with Crippen molar-refractivity contribution in [3.63, 3.8) is 0 Å². The molecule has 0 aliphatic carbocycles. The van der Waals surface area contributed by atoms with Gasteiger partial charge < -0.3 is 5.73 Å². The number of aryl methyl sites for hydroxylation is 1. The van der Waals surface area contributed by atoms with Gasteiger partial charge in [-0.15, -0.1) is 11.3 Å². The molecule has 3 rings (SSSR count). The van der Waals surface area contributed by atoms with Gasteiger partial charge in [-0.05, 0) is 60.3 Å². The average Bonchev–Trinajstić information content (AvgIpc) is 2.96. The van der Waals surface area contributed by atoms with Crippen LogP contribution in [-0.2, 0) is 0 Å². The Kier molecular flexibility index (Phi) is 3.94. The average molecular weight is 308 g/mol. The molecule has 22 heavy (non-hydrogen) atoms. The number of anilines is 3. The van der Waals surface area contributed by atoms with Crippen LogP contribution in [0.4, 0.5) is 17.1 Å². The third-order valence-corrected chi connectivity index (χ3v) is 4.43. The van der Waals surface area contributed by atoms with Crippen molar-refractivity contribution < 1.29 is 4.79 Å². The van der Waals surface area contributed by atoms with E-state index < -0.39 is 0 Å². The number of hydrogen-bond donors (Lipinski definition) is 1. The second kappa shape index (κ2) is 6.03. The summed E-state index contributed by atoms with van der Waals surface area (Å²) in [5.41, 5.74) is 9.07. The maximum atomic E-state index is 13.0. The third kappa shape index (κ3) is 2.73. The lowest BCUT2D eigenvalue weighted by Crippen LogP contribution is -2.25. The van der Waals surface area contributed by atoms with E-state index >= 15 is 0 Å². The van der Waals surface area contributed by atoms with E-state index in [0.717, 1.165) is 21.8 Å². The summed E-state index contributed by atoms with van der Waals surface area (Å²) in [7, 11) is 0. The van der Waals surface area contributed by atoms with Gasteiger partial charge in [0.05, 0.1) is 4.88 Å². The predicted octanol–water partition coefficient (Wildman–Crippen LogP) is 4.62. The summed E-state index contributed by atoms with van der Waals surface area (Å²) in [6.45, 7) is 1.95. The van der Waals surface area contributed by atoms with Gasteiger partial charge in [-0.3, -0.25) is 9.69 Å². The van der Waals surface area contributed by atoms with E-state index in [-0.39, 0.29) is 5.91 Å². The normalized spacial score (nSPS) is 10.4. The zero-order valence-electron chi connectivity index (χ0n) is 12.2. The molecule has 3 nitrogen and oxygen atoms in total. The zero-order chi connectivity index (χ0) is 15.5. The van der Waals surface area contributed by atoms with Crippen LogP contribution in [0.3, 0.4) is 0 Å². The molecule has 0 fully saturated rings. The molecule has 0 spiro atoms. The Morgan fingerprint density at radius 1 is 0.955 bits per heavy atom. The van der Waals surface area contributed by atoms with Crippen LogP contribution in [0.5, 0.6) is 0 Å². The first-order valence-corrected chi connectivity index (χ1v) is 7.84. The standard InChI is InChI=1S/C18H16N2OS/c1-13-11-12-22-17(13)18(21)20(15-5-3-2-4-6-15)16-9-7-14(19)8-10-16/h2-12H,19H2,1H3. The molecule has 0 bridgehead atoms. The number of carbonyl (C=O) groups excluding carboxylic acids is 1. The van der Waals surface area contributed by atoms with Gasteiger partial charge in [0.1, 0.15) is 0 Å². The van der Waals surface area contributed by atoms with Crippen LogP contribution in [0, 0.1) is 6.92 Å². The van der Waals surface area contributed by atoms with E-state index in [0.29, 0.717) is 5.69 Å². The molecule has 1 heterocycles. The number of nitrogen functional groups attached to an aromatic ring is 1. The first-order chi connectivity index (χ1) is 10.7. The fourth-order valence-corrected chi connectivity index (χ4v) is 3.13. The lowest BCUT2D eigenvalue weighted by Gasteiger charge is -2.23. The molecule has 3 aromatic rings. The van der Waals surface area contributed by atoms with Crippen LogP contribution in [0.25, 0.3) is 0 Å². The Balaban J connectivity index is 2.09. The fraction of sp³-hybridized carbons (Fsp3) is 0.0556. The molecular weight excluding hydrogens is 292 g/mol. The Hall–Kier alpha value is -2.59. The van der Waals surface area contributed by atoms with Gasteiger partial charge >= 0.3 is 0 Å². The van der Waals surface area contributed by atoms with Gasteiger partial charge in [-0.1, -0.05) is 18.2 Å². The number of carbonyl (C=O) groups is 1. The van der Waals surface area contributed by atoms with Crippen LogP contribution < -0.4 is 10.6 Å². The largest absolute Gasteiger partial charge is 0.399 e. The first-order valence-electron chi connectivity index (χ1n) is 6.96. The number of nitrogens with two attached hydrogens (primary N) is 1. The minimum Gasteiger partial charge on any atom is -0.399 e. The topological polar surface area (TPSA) is 46.3 Å². The second-order valence-corrected chi connectivity index (χ2v) is 5.92. The summed E-state index contributed by atoms with van der Waals surface area (Å²) in [6, 6.07) is 18.9. The van der Waals surface area contributed by atoms with E-state index in [1.54, 1.807) is 17.0 Å². The van der Waals surface area contributed by atoms with Gasteiger partial charge in [-0.2, -0.15) is 0 Å². The maximum Gasteiger partial charge on any atom is 0.273 e. The van der Waals surface area contributed by atoms with E-state index in [4.69, 9.17) is 5.73 Å². The number of amides is 1. The smallest absolute Gasteiger partial charge is 0.273 e. The number of rotatable bonds is 3. The number of nitrogens with zero attached hydrogens (tertiary/aromatic N) is 1. The van der Waals surface area contributed by atoms with Gasteiger partial charge in [0.15, 0.2) is 0 Å². The van der Waals surface area contributed by atoms with E-state index in [1.165, 1.54) is 11.3 Å². The predicted molar refractivity (Wildman–Crippen MR) is 92.8 cm³/mol. The van der Waals surface area contributed by atoms with Crippen molar-refractivity contribution >= 4 is 34.3 Å². The number of para-hydroxylation sites is 1. The Morgan fingerprint density at radius 2 is 1.59 bits per heavy atom. The Bertz CT molecular complexity index is 778. The fourth-order valence-electron chi connectivity index (χ4n) is 2.28. The summed E-state index contributed by atoms with van der Waals surface area (Å²) in [6.07, 6.45) is 0. The molecular formula is C18H16N2OS. The highest BCUT2D eigenvalue weighted by atomic mass is 32.1. The summed E-state index contributed by atoms with van der Waals surface area (Å²) in [5, 5.41) is 1.94. The molecule has 0 saturated carbocycles. The molecule has 4 heteroatoms. The lowest BCUT2D eigenvalue weighted by atomic mass is 10.2. The monoisotopic (exact) mass is 308 g/mol. The third-order valence-electron chi connectivity index (χ3n) is 3.43. The summed E-state index contributed by atoms with van der Waals surface area (Å²) in [4.78, 5) is 15.5. The molecule has 0 atom stereocenters. The SMILES string of the molecule is Cc1ccsc1C(=O)N(c1ccccc1)c1ccc(N)cc1. The summed E-state index contributed by atoms with van der Waals surface area (Å²) in [5.74, 6) is -0.0246. The number of hydrogen-bond acceptors (Lipinski definition) is 3. The van der Waals surface area contributed by atoms with E-state index in [2.05, 4.69) is 0 Å². The van der Waals surface area contributed by atoms with Crippen molar-refractivity contribution in [3.8, 4) is 0 Å². The van der Waals surface area contributed by atoms with Crippen LogP contribution in [-0.4, -0.2) is 5.91 Å². The lowest BCUT2D eigenvalue weighted by molar-refractivity contribution is 0.100. The summed E-state index contributed by atoms with van der Waals surface area (Å²) >= 11 is 1.46. The minimum absolute atomic E-state index is 0.0246. The van der Waals surface area contributed by atoms with Crippen molar-refractivity contribution in [2.24, 2.45) is 0 Å². The van der Waals surface area contributed by atoms with Crippen molar-refractivity contribution in [1.82, 2.24) is 0 Å². The van der Waals surface area contributed by atoms with Crippen molar-refractivity contribution in [1.29, 1.82) is 0 Å². The maximum absolute atomic E-state index is 13.0. The highest BCUT2D eigenvalue weighted by Gasteiger charge is 2.22. The van der Waals surface area contributed by atoms with Crippen LogP contribution in [0.1, 0.15) is 15.2 Å². The highest BCUT2D eigenvalue weighted by molar-refractivity contribution is 7.12. The molecule has 0 saturated heterocycles. The zero-order valence-corrected chi connectivity index (χ0v) is 13.0. The van der Waals surface area contributed by atoms with Crippen molar-refractivity contribution in [2.45, 2.75) is 6.92 Å². The van der Waals surface area contributed by atoms with Crippen molar-refractivity contribution in [3.05, 3.63) is 76.5 Å². The van der Waals surface area contributed by atoms with Gasteiger partial charge in [-0.25, -0.2) is 0 Å². The molecule has 2 N–H and O–H groups in total. The summed E-state index contributed by atoms with van der Waals surface area (Å²) < 4.78 is 0. The second-order valence-electron chi connectivity index (χ2n) is 5.00. The molecule has 2 aromatic carbocycles. The Morgan fingerprint density at radius 3 is 2.18 bits per heavy atom. The molecule has 1 aromatic heterocycles. The molecule has 0 aliphatic rings. The molecule has 1 amide bonds. The van der Waals surface area contributed by atoms with Gasteiger partial charge in [0, 0.05) is 17.1 Å². The van der Waals surface area contributed by atoms with Crippen LogP contribution >= 0.6 is 11.3 Å². The Labute approximate surface area is 133 Å². The molecule has 0 radical (unpaired) electrons. The van der Waals surface area contributed by atoms with E-state index in [1.807, 2.05) is 60.8 Å². The number of thiophene rings is 1. The quantitative estimate of drug-likeness (QED) is 0.718. The van der Waals surface area contributed by atoms with E-state index in [9.17, 15) is 4.79 Å². The highest BCUT2D eigenvalue weighted by Crippen LogP contribution is 2.30. The van der Waals surface area contributed by atoms with Crippen LogP contribution in [0.15, 0.2) is 66.0 Å². The minimum atomic E-state index is -0.0246. The van der Waals surface area contributed by atoms with Gasteiger partial charge in [0.25, 0.3) is 5.91 Å². The molecule has 0 unspecified atom stereocenters. The molecule has 0 aliphatic heterocycles. The van der Waals surface area contributed by atoms with Crippen molar-refractivity contribution in [2.75, 3.05) is 10.6 Å². The first kappa shape index (κ1) is 14.4. The number of benzene rings is 2. The van der Waals surface area contributed by atoms with Crippen LogP contribution in [0.2, 0.25) is 0 Å².